The number of hydrogen-bond donors (Lipinski definition) is 1. The molecule has 2 rings (SSSR count). The summed E-state index contributed by atoms with van der Waals surface area (Å²) in [5.41, 5.74) is 1.67. The number of carbonyl (C=O) groups is 1. The van der Waals surface area contributed by atoms with Crippen molar-refractivity contribution in [2.75, 3.05) is 19.4 Å². The van der Waals surface area contributed by atoms with Crippen molar-refractivity contribution in [3.63, 3.8) is 0 Å². The summed E-state index contributed by atoms with van der Waals surface area (Å²) < 4.78 is 0. The van der Waals surface area contributed by atoms with Gasteiger partial charge in [-0.1, -0.05) is 17.4 Å². The highest BCUT2D eigenvalue weighted by molar-refractivity contribution is 7.16. The van der Waals surface area contributed by atoms with Crippen LogP contribution in [-0.2, 0) is 11.3 Å². The van der Waals surface area contributed by atoms with Gasteiger partial charge in [-0.3, -0.25) is 14.9 Å². The van der Waals surface area contributed by atoms with Gasteiger partial charge in [0.1, 0.15) is 0 Å². The molecule has 0 bridgehead atoms. The van der Waals surface area contributed by atoms with Gasteiger partial charge in [0.2, 0.25) is 5.91 Å². The first-order valence-electron chi connectivity index (χ1n) is 7.19. The van der Waals surface area contributed by atoms with Crippen molar-refractivity contribution in [2.45, 2.75) is 13.5 Å². The van der Waals surface area contributed by atoms with Gasteiger partial charge in [0, 0.05) is 30.5 Å². The summed E-state index contributed by atoms with van der Waals surface area (Å²) in [6.07, 6.45) is 3.69. The van der Waals surface area contributed by atoms with E-state index in [0.29, 0.717) is 11.7 Å². The Hall–Kier alpha value is -2.58. The maximum absolute atomic E-state index is 11.2. The van der Waals surface area contributed by atoms with Crippen LogP contribution in [0, 0.1) is 10.1 Å². The van der Waals surface area contributed by atoms with E-state index >= 15 is 0 Å². The molecule has 0 radical (unpaired) electrons. The number of hydrogen-bond acceptors (Lipinski definition) is 6. The normalized spacial score (nSPS) is 11.2. The molecule has 7 nitrogen and oxygen atoms in total. The maximum atomic E-state index is 11.2. The van der Waals surface area contributed by atoms with Gasteiger partial charge >= 0.3 is 0 Å². The molecule has 8 heteroatoms. The Bertz CT molecular complexity index is 766. The van der Waals surface area contributed by atoms with Gasteiger partial charge in [0.15, 0.2) is 5.13 Å². The Morgan fingerprint density at radius 3 is 2.54 bits per heavy atom. The summed E-state index contributed by atoms with van der Waals surface area (Å²) in [5, 5.41) is 13.9. The molecular formula is C16H18N4O3S. The molecule has 1 aromatic carbocycles. The predicted molar refractivity (Wildman–Crippen MR) is 95.8 cm³/mol. The molecule has 1 amide bonds. The van der Waals surface area contributed by atoms with E-state index in [4.69, 9.17) is 0 Å². The zero-order valence-electron chi connectivity index (χ0n) is 13.6. The van der Waals surface area contributed by atoms with E-state index in [1.165, 1.54) is 30.4 Å². The van der Waals surface area contributed by atoms with E-state index in [0.717, 1.165) is 16.1 Å². The molecule has 0 atom stereocenters. The average Bonchev–Trinajstić information content (AvgIpc) is 2.85. The number of nitro groups is 1. The SMILES string of the molecule is CC(=O)Nc1nc(C=Cc2ccc([N+](=O)[O-])cc2)c(CN(C)C)s1. The minimum atomic E-state index is -0.428. The Morgan fingerprint density at radius 2 is 2.00 bits per heavy atom. The van der Waals surface area contributed by atoms with Gasteiger partial charge in [0.05, 0.1) is 10.6 Å². The second kappa shape index (κ2) is 7.80. The number of nitrogens with zero attached hydrogens (tertiary/aromatic N) is 3. The second-order valence-corrected chi connectivity index (χ2v) is 6.51. The molecule has 0 spiro atoms. The first-order chi connectivity index (χ1) is 11.3. The molecule has 1 heterocycles. The van der Waals surface area contributed by atoms with Gasteiger partial charge in [0.25, 0.3) is 5.69 Å². The fourth-order valence-electron chi connectivity index (χ4n) is 1.98. The quantitative estimate of drug-likeness (QED) is 0.641. The molecule has 0 fully saturated rings. The Kier molecular flexibility index (Phi) is 5.78. The van der Waals surface area contributed by atoms with Crippen LogP contribution in [0.15, 0.2) is 24.3 Å². The number of aromatic nitrogens is 1. The predicted octanol–water partition coefficient (Wildman–Crippen LogP) is 3.24. The Balaban J connectivity index is 2.24. The molecule has 1 aromatic heterocycles. The third-order valence-corrected chi connectivity index (χ3v) is 3.98. The highest BCUT2D eigenvalue weighted by atomic mass is 32.1. The van der Waals surface area contributed by atoms with E-state index in [2.05, 4.69) is 10.3 Å². The van der Waals surface area contributed by atoms with Crippen molar-refractivity contribution < 1.29 is 9.72 Å². The van der Waals surface area contributed by atoms with Crippen molar-refractivity contribution in [3.8, 4) is 0 Å². The van der Waals surface area contributed by atoms with Crippen LogP contribution in [0.1, 0.15) is 23.1 Å². The van der Waals surface area contributed by atoms with Crippen LogP contribution in [0.5, 0.6) is 0 Å². The summed E-state index contributed by atoms with van der Waals surface area (Å²) in [7, 11) is 3.92. The molecular weight excluding hydrogens is 328 g/mol. The molecule has 0 aliphatic carbocycles. The van der Waals surface area contributed by atoms with E-state index in [9.17, 15) is 14.9 Å². The first kappa shape index (κ1) is 17.8. The second-order valence-electron chi connectivity index (χ2n) is 5.43. The number of non-ortho nitro benzene ring substituents is 1. The van der Waals surface area contributed by atoms with Crippen molar-refractivity contribution in [1.82, 2.24) is 9.88 Å². The molecule has 126 valence electrons. The minimum absolute atomic E-state index is 0.0575. The summed E-state index contributed by atoms with van der Waals surface area (Å²) in [6, 6.07) is 6.29. The van der Waals surface area contributed by atoms with Crippen molar-refractivity contribution in [2.24, 2.45) is 0 Å². The lowest BCUT2D eigenvalue weighted by atomic mass is 10.2. The van der Waals surface area contributed by atoms with Crippen LogP contribution in [0.2, 0.25) is 0 Å². The zero-order valence-corrected chi connectivity index (χ0v) is 14.5. The molecule has 0 unspecified atom stereocenters. The number of nitrogens with one attached hydrogen (secondary N) is 1. The number of benzene rings is 1. The molecule has 0 aliphatic rings. The topological polar surface area (TPSA) is 88.4 Å². The molecule has 0 aliphatic heterocycles. The molecule has 0 saturated carbocycles. The smallest absolute Gasteiger partial charge is 0.269 e. The summed E-state index contributed by atoms with van der Waals surface area (Å²) in [6.45, 7) is 2.15. The molecule has 2 aromatic rings. The summed E-state index contributed by atoms with van der Waals surface area (Å²) in [5.74, 6) is -0.161. The standard InChI is InChI=1S/C16H18N4O3S/c1-11(21)17-16-18-14(15(24-16)10-19(2)3)9-6-12-4-7-13(8-5-12)20(22)23/h4-9H,10H2,1-3H3,(H,17,18,21). The van der Waals surface area contributed by atoms with Crippen LogP contribution >= 0.6 is 11.3 Å². The van der Waals surface area contributed by atoms with E-state index < -0.39 is 4.92 Å². The fourth-order valence-corrected chi connectivity index (χ4v) is 3.09. The minimum Gasteiger partial charge on any atom is -0.304 e. The highest BCUT2D eigenvalue weighted by Crippen LogP contribution is 2.26. The van der Waals surface area contributed by atoms with E-state index in [1.54, 1.807) is 12.1 Å². The van der Waals surface area contributed by atoms with Gasteiger partial charge in [-0.25, -0.2) is 4.98 Å². The molecule has 1 N–H and O–H groups in total. The zero-order chi connectivity index (χ0) is 17.7. The van der Waals surface area contributed by atoms with E-state index in [1.807, 2.05) is 31.1 Å². The third-order valence-electron chi connectivity index (χ3n) is 3.01. The Morgan fingerprint density at radius 1 is 1.33 bits per heavy atom. The van der Waals surface area contributed by atoms with Crippen molar-refractivity contribution in [3.05, 3.63) is 50.5 Å². The number of thiazole rings is 1. The van der Waals surface area contributed by atoms with Crippen LogP contribution < -0.4 is 5.32 Å². The van der Waals surface area contributed by atoms with Crippen LogP contribution in [-0.4, -0.2) is 34.8 Å². The number of nitro benzene ring substituents is 1. The van der Waals surface area contributed by atoms with Gasteiger partial charge in [-0.15, -0.1) is 0 Å². The lowest BCUT2D eigenvalue weighted by Crippen LogP contribution is -2.10. The summed E-state index contributed by atoms with van der Waals surface area (Å²) in [4.78, 5) is 28.9. The summed E-state index contributed by atoms with van der Waals surface area (Å²) >= 11 is 1.43. The van der Waals surface area contributed by atoms with Crippen LogP contribution in [0.25, 0.3) is 12.2 Å². The van der Waals surface area contributed by atoms with Crippen molar-refractivity contribution >= 4 is 40.2 Å². The van der Waals surface area contributed by atoms with Gasteiger partial charge in [-0.2, -0.15) is 0 Å². The largest absolute Gasteiger partial charge is 0.304 e. The maximum Gasteiger partial charge on any atom is 0.269 e. The van der Waals surface area contributed by atoms with Gasteiger partial charge < -0.3 is 10.2 Å². The monoisotopic (exact) mass is 346 g/mol. The average molecular weight is 346 g/mol. The third kappa shape index (κ3) is 4.97. The number of anilines is 1. The van der Waals surface area contributed by atoms with Gasteiger partial charge in [-0.05, 0) is 37.9 Å². The highest BCUT2D eigenvalue weighted by Gasteiger charge is 2.11. The van der Waals surface area contributed by atoms with Crippen LogP contribution in [0.3, 0.4) is 0 Å². The fraction of sp³-hybridized carbons (Fsp3) is 0.250. The first-order valence-corrected chi connectivity index (χ1v) is 8.01. The lowest BCUT2D eigenvalue weighted by molar-refractivity contribution is -0.384. The number of amides is 1. The van der Waals surface area contributed by atoms with Crippen molar-refractivity contribution in [1.29, 1.82) is 0 Å². The number of carbonyl (C=O) groups excluding carboxylic acids is 1. The Labute approximate surface area is 143 Å². The molecule has 0 saturated heterocycles. The van der Waals surface area contributed by atoms with Crippen LogP contribution in [0.4, 0.5) is 10.8 Å². The number of rotatable bonds is 6. The van der Waals surface area contributed by atoms with E-state index in [-0.39, 0.29) is 11.6 Å². The lowest BCUT2D eigenvalue weighted by Gasteiger charge is -2.07. The molecule has 24 heavy (non-hydrogen) atoms.